The van der Waals surface area contributed by atoms with Crippen molar-refractivity contribution in [3.05, 3.63) is 64.7 Å². The van der Waals surface area contributed by atoms with Gasteiger partial charge in [0.05, 0.1) is 16.3 Å². The zero-order valence-electron chi connectivity index (χ0n) is 10.8. The highest BCUT2D eigenvalue weighted by Crippen LogP contribution is 2.24. The molecule has 0 fully saturated rings. The van der Waals surface area contributed by atoms with Gasteiger partial charge in [-0.05, 0) is 23.8 Å². The van der Waals surface area contributed by atoms with E-state index in [0.717, 1.165) is 0 Å². The summed E-state index contributed by atoms with van der Waals surface area (Å²) in [6.45, 7) is 0. The number of carboxylic acids is 1. The Morgan fingerprint density at radius 2 is 1.76 bits per heavy atom. The summed E-state index contributed by atoms with van der Waals surface area (Å²) in [6, 6.07) is 12.4. The molecule has 2 aromatic rings. The minimum atomic E-state index is -1.33. The van der Waals surface area contributed by atoms with Gasteiger partial charge in [0.2, 0.25) is 0 Å². The average Bonchev–Trinajstić information content (AvgIpc) is 2.49. The predicted molar refractivity (Wildman–Crippen MR) is 78.4 cm³/mol. The van der Waals surface area contributed by atoms with Crippen LogP contribution in [-0.4, -0.2) is 22.1 Å². The standard InChI is InChI=1S/C15H12ClNO4/c16-11-8-10(15(20)21)6-7-12(11)17-14(19)13(18)9-4-2-1-3-5-9/h1-8,13,18H,(H,17,19)(H,20,21). The van der Waals surface area contributed by atoms with Crippen LogP contribution in [0.4, 0.5) is 5.69 Å². The molecule has 0 bridgehead atoms. The molecule has 1 atom stereocenters. The van der Waals surface area contributed by atoms with Gasteiger partial charge in [-0.3, -0.25) is 4.79 Å². The largest absolute Gasteiger partial charge is 0.478 e. The fourth-order valence-corrected chi connectivity index (χ4v) is 1.97. The van der Waals surface area contributed by atoms with E-state index in [1.165, 1.54) is 18.2 Å². The molecule has 5 nitrogen and oxygen atoms in total. The summed E-state index contributed by atoms with van der Waals surface area (Å²) in [5.41, 5.74) is 0.705. The summed E-state index contributed by atoms with van der Waals surface area (Å²) in [4.78, 5) is 22.7. The Labute approximate surface area is 125 Å². The van der Waals surface area contributed by atoms with Gasteiger partial charge in [0.15, 0.2) is 6.10 Å². The van der Waals surface area contributed by atoms with Crippen LogP contribution in [0.15, 0.2) is 48.5 Å². The maximum Gasteiger partial charge on any atom is 0.335 e. The number of nitrogens with one attached hydrogen (secondary N) is 1. The van der Waals surface area contributed by atoms with Gasteiger partial charge in [-0.25, -0.2) is 4.79 Å². The van der Waals surface area contributed by atoms with Crippen LogP contribution in [-0.2, 0) is 4.79 Å². The summed E-state index contributed by atoms with van der Waals surface area (Å²) in [6.07, 6.45) is -1.33. The van der Waals surface area contributed by atoms with Crippen molar-refractivity contribution in [2.24, 2.45) is 0 Å². The first kappa shape index (κ1) is 15.0. The Morgan fingerprint density at radius 3 is 2.33 bits per heavy atom. The van der Waals surface area contributed by atoms with Gasteiger partial charge in [-0.15, -0.1) is 0 Å². The van der Waals surface area contributed by atoms with Crippen LogP contribution in [0, 0.1) is 0 Å². The molecule has 2 rings (SSSR count). The molecule has 0 aliphatic rings. The van der Waals surface area contributed by atoms with Gasteiger partial charge in [-0.2, -0.15) is 0 Å². The third-order valence-electron chi connectivity index (χ3n) is 2.84. The first-order valence-electron chi connectivity index (χ1n) is 6.06. The van der Waals surface area contributed by atoms with Crippen molar-refractivity contribution >= 4 is 29.2 Å². The Morgan fingerprint density at radius 1 is 1.10 bits per heavy atom. The first-order valence-corrected chi connectivity index (χ1v) is 6.43. The number of hydrogen-bond donors (Lipinski definition) is 3. The number of halogens is 1. The monoisotopic (exact) mass is 305 g/mol. The van der Waals surface area contributed by atoms with Crippen LogP contribution in [0.5, 0.6) is 0 Å². The summed E-state index contributed by atoms with van der Waals surface area (Å²) in [5.74, 6) is -1.76. The number of aliphatic hydroxyl groups excluding tert-OH is 1. The van der Waals surface area contributed by atoms with E-state index < -0.39 is 18.0 Å². The zero-order chi connectivity index (χ0) is 15.4. The minimum Gasteiger partial charge on any atom is -0.478 e. The second-order valence-corrected chi connectivity index (χ2v) is 4.71. The smallest absolute Gasteiger partial charge is 0.335 e. The van der Waals surface area contributed by atoms with E-state index in [2.05, 4.69) is 5.32 Å². The topological polar surface area (TPSA) is 86.6 Å². The lowest BCUT2D eigenvalue weighted by atomic mass is 10.1. The summed E-state index contributed by atoms with van der Waals surface area (Å²) < 4.78 is 0. The van der Waals surface area contributed by atoms with E-state index in [-0.39, 0.29) is 16.3 Å². The van der Waals surface area contributed by atoms with E-state index in [4.69, 9.17) is 16.7 Å². The number of carbonyl (C=O) groups excluding carboxylic acids is 1. The molecule has 0 aliphatic heterocycles. The molecule has 108 valence electrons. The van der Waals surface area contributed by atoms with Crippen molar-refractivity contribution in [1.29, 1.82) is 0 Å². The third-order valence-corrected chi connectivity index (χ3v) is 3.15. The number of aliphatic hydroxyl groups is 1. The number of carbonyl (C=O) groups is 2. The molecule has 0 aliphatic carbocycles. The lowest BCUT2D eigenvalue weighted by Crippen LogP contribution is -2.21. The molecule has 0 saturated carbocycles. The van der Waals surface area contributed by atoms with Crippen molar-refractivity contribution in [3.63, 3.8) is 0 Å². The molecule has 0 spiro atoms. The Hall–Kier alpha value is -2.37. The number of rotatable bonds is 4. The Bertz CT molecular complexity index is 673. The lowest BCUT2D eigenvalue weighted by Gasteiger charge is -2.12. The average molecular weight is 306 g/mol. The van der Waals surface area contributed by atoms with E-state index in [1.54, 1.807) is 30.3 Å². The molecule has 3 N–H and O–H groups in total. The maximum absolute atomic E-state index is 11.9. The van der Waals surface area contributed by atoms with Gasteiger partial charge in [0.1, 0.15) is 0 Å². The highest BCUT2D eigenvalue weighted by atomic mass is 35.5. The Balaban J connectivity index is 2.15. The maximum atomic E-state index is 11.9. The third kappa shape index (κ3) is 3.59. The fraction of sp³-hybridized carbons (Fsp3) is 0.0667. The number of anilines is 1. The van der Waals surface area contributed by atoms with E-state index >= 15 is 0 Å². The van der Waals surface area contributed by atoms with Crippen molar-refractivity contribution < 1.29 is 19.8 Å². The Kier molecular flexibility index (Phi) is 4.57. The van der Waals surface area contributed by atoms with Crippen molar-refractivity contribution in [2.45, 2.75) is 6.10 Å². The molecule has 0 radical (unpaired) electrons. The second kappa shape index (κ2) is 6.39. The normalized spacial score (nSPS) is 11.7. The molecule has 0 aromatic heterocycles. The van der Waals surface area contributed by atoms with E-state index in [0.29, 0.717) is 5.56 Å². The second-order valence-electron chi connectivity index (χ2n) is 4.30. The molecule has 0 saturated heterocycles. The number of hydrogen-bond acceptors (Lipinski definition) is 3. The predicted octanol–water partition coefficient (Wildman–Crippen LogP) is 2.71. The van der Waals surface area contributed by atoms with Gasteiger partial charge in [0.25, 0.3) is 5.91 Å². The molecule has 1 amide bonds. The van der Waals surface area contributed by atoms with Gasteiger partial charge >= 0.3 is 5.97 Å². The number of carboxylic acid groups (broad SMARTS) is 1. The summed E-state index contributed by atoms with van der Waals surface area (Å²) in [7, 11) is 0. The summed E-state index contributed by atoms with van der Waals surface area (Å²) in [5, 5.41) is 21.3. The number of amides is 1. The molecular weight excluding hydrogens is 294 g/mol. The van der Waals surface area contributed by atoms with Crippen molar-refractivity contribution in [2.75, 3.05) is 5.32 Å². The van der Waals surface area contributed by atoms with Crippen LogP contribution in [0.1, 0.15) is 22.0 Å². The van der Waals surface area contributed by atoms with E-state index in [1.807, 2.05) is 0 Å². The van der Waals surface area contributed by atoms with Gasteiger partial charge < -0.3 is 15.5 Å². The van der Waals surface area contributed by atoms with Crippen LogP contribution in [0.3, 0.4) is 0 Å². The van der Waals surface area contributed by atoms with Gasteiger partial charge in [0, 0.05) is 0 Å². The summed E-state index contributed by atoms with van der Waals surface area (Å²) >= 11 is 5.91. The van der Waals surface area contributed by atoms with Crippen LogP contribution in [0.25, 0.3) is 0 Å². The first-order chi connectivity index (χ1) is 9.99. The highest BCUT2D eigenvalue weighted by molar-refractivity contribution is 6.34. The van der Waals surface area contributed by atoms with Crippen LogP contribution < -0.4 is 5.32 Å². The SMILES string of the molecule is O=C(O)c1ccc(NC(=O)C(O)c2ccccc2)c(Cl)c1. The van der Waals surface area contributed by atoms with Crippen molar-refractivity contribution in [1.82, 2.24) is 0 Å². The van der Waals surface area contributed by atoms with Gasteiger partial charge in [-0.1, -0.05) is 41.9 Å². The molecule has 21 heavy (non-hydrogen) atoms. The number of aromatic carboxylic acids is 1. The van der Waals surface area contributed by atoms with Crippen LogP contribution >= 0.6 is 11.6 Å². The van der Waals surface area contributed by atoms with Crippen LogP contribution in [0.2, 0.25) is 5.02 Å². The number of benzene rings is 2. The molecule has 2 aromatic carbocycles. The van der Waals surface area contributed by atoms with Crippen molar-refractivity contribution in [3.8, 4) is 0 Å². The van der Waals surface area contributed by atoms with E-state index in [9.17, 15) is 14.7 Å². The lowest BCUT2D eigenvalue weighted by molar-refractivity contribution is -0.124. The highest BCUT2D eigenvalue weighted by Gasteiger charge is 2.18. The molecule has 6 heteroatoms. The minimum absolute atomic E-state index is 0.0154. The fourth-order valence-electron chi connectivity index (χ4n) is 1.74. The molecule has 0 heterocycles. The molecule has 1 unspecified atom stereocenters. The zero-order valence-corrected chi connectivity index (χ0v) is 11.5. The molecular formula is C15H12ClNO4. The quantitative estimate of drug-likeness (QED) is 0.810.